The molecule has 8 nitrogen and oxygen atoms in total. The van der Waals surface area contributed by atoms with Crippen molar-refractivity contribution < 1.29 is 13.9 Å². The molecular formula is C19H22N4O4. The van der Waals surface area contributed by atoms with Gasteiger partial charge in [-0.25, -0.2) is 9.97 Å². The van der Waals surface area contributed by atoms with Gasteiger partial charge in [-0.1, -0.05) is 13.8 Å². The highest BCUT2D eigenvalue weighted by Gasteiger charge is 2.32. The average molecular weight is 370 g/mol. The lowest BCUT2D eigenvalue weighted by molar-refractivity contribution is -0.118. The average Bonchev–Trinajstić information content (AvgIpc) is 2.95. The third kappa shape index (κ3) is 2.80. The summed E-state index contributed by atoms with van der Waals surface area (Å²) in [4.78, 5) is 33.0. The zero-order chi connectivity index (χ0) is 19.5. The molecule has 1 aliphatic rings. The van der Waals surface area contributed by atoms with Gasteiger partial charge in [0.1, 0.15) is 12.1 Å². The highest BCUT2D eigenvalue weighted by molar-refractivity contribution is 6.03. The Morgan fingerprint density at radius 1 is 1.37 bits per heavy atom. The summed E-state index contributed by atoms with van der Waals surface area (Å²) in [6.45, 7) is 8.41. The van der Waals surface area contributed by atoms with Crippen LogP contribution in [0.15, 0.2) is 15.5 Å². The van der Waals surface area contributed by atoms with Crippen molar-refractivity contribution >= 4 is 28.1 Å². The maximum Gasteiger partial charge on any atom is 0.297 e. The summed E-state index contributed by atoms with van der Waals surface area (Å²) in [5.41, 5.74) is 8.40. The number of rotatable bonds is 3. The maximum absolute atomic E-state index is 12.7. The van der Waals surface area contributed by atoms with E-state index >= 15 is 0 Å². The maximum atomic E-state index is 12.7. The number of hydrogen-bond acceptors (Lipinski definition) is 6. The molecule has 4 rings (SSSR count). The second-order valence-corrected chi connectivity index (χ2v) is 7.94. The molecule has 27 heavy (non-hydrogen) atoms. The summed E-state index contributed by atoms with van der Waals surface area (Å²) in [5, 5.41) is 0.754. The summed E-state index contributed by atoms with van der Waals surface area (Å²) in [7, 11) is 0. The lowest BCUT2D eigenvalue weighted by Crippen LogP contribution is -2.33. The van der Waals surface area contributed by atoms with E-state index in [0.717, 1.165) is 26.8 Å². The molecule has 0 atom stereocenters. The molecule has 0 aromatic carbocycles. The van der Waals surface area contributed by atoms with Crippen LogP contribution in [0.25, 0.3) is 22.2 Å². The topological polar surface area (TPSA) is 113 Å². The number of amides is 1. The monoisotopic (exact) mass is 370 g/mol. The van der Waals surface area contributed by atoms with Crippen LogP contribution in [0.2, 0.25) is 0 Å². The van der Waals surface area contributed by atoms with Crippen molar-refractivity contribution in [2.24, 2.45) is 5.73 Å². The van der Waals surface area contributed by atoms with Gasteiger partial charge in [0.15, 0.2) is 0 Å². The molecule has 3 aromatic rings. The predicted octanol–water partition coefficient (Wildman–Crippen LogP) is 2.00. The summed E-state index contributed by atoms with van der Waals surface area (Å²) >= 11 is 0. The Labute approximate surface area is 155 Å². The number of aromatic nitrogens is 3. The number of pyridine rings is 1. The lowest BCUT2D eigenvalue weighted by atomic mass is 9.87. The molecule has 0 spiro atoms. The zero-order valence-corrected chi connectivity index (χ0v) is 15.8. The highest BCUT2D eigenvalue weighted by atomic mass is 16.5. The zero-order valence-electron chi connectivity index (χ0n) is 15.8. The quantitative estimate of drug-likeness (QED) is 0.754. The van der Waals surface area contributed by atoms with Crippen LogP contribution in [0, 0.1) is 0 Å². The lowest BCUT2D eigenvalue weighted by Gasteiger charge is -2.33. The Morgan fingerprint density at radius 2 is 2.11 bits per heavy atom. The summed E-state index contributed by atoms with van der Waals surface area (Å²) in [6, 6.07) is 0. The van der Waals surface area contributed by atoms with E-state index in [2.05, 4.69) is 23.8 Å². The van der Waals surface area contributed by atoms with Crippen molar-refractivity contribution in [3.8, 4) is 0 Å². The van der Waals surface area contributed by atoms with Crippen LogP contribution < -0.4 is 11.3 Å². The molecule has 2 N–H and O–H groups in total. The van der Waals surface area contributed by atoms with E-state index in [9.17, 15) is 9.59 Å². The second-order valence-electron chi connectivity index (χ2n) is 7.94. The van der Waals surface area contributed by atoms with Crippen molar-refractivity contribution in [3.05, 3.63) is 33.5 Å². The van der Waals surface area contributed by atoms with E-state index in [1.807, 2.05) is 13.8 Å². The van der Waals surface area contributed by atoms with Crippen LogP contribution >= 0.6 is 0 Å². The van der Waals surface area contributed by atoms with Crippen LogP contribution in [-0.4, -0.2) is 26.0 Å². The minimum absolute atomic E-state index is 0.0913. The first-order valence-electron chi connectivity index (χ1n) is 8.93. The van der Waals surface area contributed by atoms with Crippen LogP contribution in [0.1, 0.15) is 50.4 Å². The molecule has 0 aliphatic carbocycles. The molecule has 1 aliphatic heterocycles. The number of carbonyl (C=O) groups is 1. The van der Waals surface area contributed by atoms with Crippen molar-refractivity contribution in [2.75, 3.05) is 0 Å². The van der Waals surface area contributed by atoms with Crippen molar-refractivity contribution in [2.45, 2.75) is 58.8 Å². The van der Waals surface area contributed by atoms with E-state index in [-0.39, 0.29) is 23.6 Å². The predicted molar refractivity (Wildman–Crippen MR) is 99.4 cm³/mol. The third-order valence-corrected chi connectivity index (χ3v) is 4.93. The number of hydrogen-bond donors (Lipinski definition) is 1. The smallest absolute Gasteiger partial charge is 0.297 e. The minimum Gasteiger partial charge on any atom is -0.430 e. The standard InChI is InChI=1S/C19H22N4O4/c1-9(2)14-11-7-26-19(3,4)5-10(11)13-15-16(27-17(13)22-14)18(25)23(8-21-15)6-12(20)24/h8-9H,5-7H2,1-4H3,(H2,20,24). The SMILES string of the molecule is CC(C)c1nc2oc3c(=O)n(CC(N)=O)cnc3c2c2c1COC(C)(C)C2. The molecule has 4 heterocycles. The number of nitrogens with two attached hydrogens (primary N) is 1. The van der Waals surface area contributed by atoms with E-state index in [4.69, 9.17) is 14.9 Å². The summed E-state index contributed by atoms with van der Waals surface area (Å²) in [6.07, 6.45) is 2.00. The van der Waals surface area contributed by atoms with Crippen LogP contribution in [0.4, 0.5) is 0 Å². The fraction of sp³-hybridized carbons (Fsp3) is 0.474. The van der Waals surface area contributed by atoms with Crippen molar-refractivity contribution in [1.29, 1.82) is 0 Å². The molecule has 0 unspecified atom stereocenters. The Morgan fingerprint density at radius 3 is 2.78 bits per heavy atom. The van der Waals surface area contributed by atoms with Gasteiger partial charge in [-0.05, 0) is 25.3 Å². The van der Waals surface area contributed by atoms with Gasteiger partial charge in [-0.15, -0.1) is 0 Å². The van der Waals surface area contributed by atoms with Gasteiger partial charge in [-0.2, -0.15) is 0 Å². The molecule has 0 fully saturated rings. The number of fused-ring (bicyclic) bond motifs is 5. The Balaban J connectivity index is 2.07. The Kier molecular flexibility index (Phi) is 3.85. The van der Waals surface area contributed by atoms with Gasteiger partial charge in [0.25, 0.3) is 5.56 Å². The van der Waals surface area contributed by atoms with Gasteiger partial charge >= 0.3 is 0 Å². The van der Waals surface area contributed by atoms with Gasteiger partial charge in [0, 0.05) is 12.0 Å². The molecule has 0 bridgehead atoms. The van der Waals surface area contributed by atoms with Crippen LogP contribution in [-0.2, 0) is 29.1 Å². The molecule has 0 radical (unpaired) electrons. The van der Waals surface area contributed by atoms with Crippen molar-refractivity contribution in [1.82, 2.24) is 14.5 Å². The molecule has 0 saturated carbocycles. The molecule has 1 amide bonds. The normalized spacial score (nSPS) is 16.2. The minimum atomic E-state index is -0.620. The number of carbonyl (C=O) groups excluding carboxylic acids is 1. The van der Waals surface area contributed by atoms with Gasteiger partial charge in [0.05, 0.1) is 29.6 Å². The number of furan rings is 1. The van der Waals surface area contributed by atoms with E-state index in [1.54, 1.807) is 0 Å². The third-order valence-electron chi connectivity index (χ3n) is 4.93. The number of ether oxygens (including phenoxy) is 1. The summed E-state index contributed by atoms with van der Waals surface area (Å²) in [5.74, 6) is -0.438. The first-order chi connectivity index (χ1) is 12.7. The first-order valence-corrected chi connectivity index (χ1v) is 8.93. The fourth-order valence-electron chi connectivity index (χ4n) is 3.68. The Hall–Kier alpha value is -2.74. The van der Waals surface area contributed by atoms with Crippen molar-refractivity contribution in [3.63, 3.8) is 0 Å². The first kappa shape index (κ1) is 17.7. The molecule has 8 heteroatoms. The van der Waals surface area contributed by atoms with E-state index in [0.29, 0.717) is 24.3 Å². The largest absolute Gasteiger partial charge is 0.430 e. The molecular weight excluding hydrogens is 348 g/mol. The fourth-order valence-corrected chi connectivity index (χ4v) is 3.68. The highest BCUT2D eigenvalue weighted by Crippen LogP contribution is 2.39. The second kappa shape index (κ2) is 5.88. The van der Waals surface area contributed by atoms with E-state index < -0.39 is 11.5 Å². The molecule has 3 aromatic heterocycles. The van der Waals surface area contributed by atoms with Crippen LogP contribution in [0.3, 0.4) is 0 Å². The Bertz CT molecular complexity index is 1140. The molecule has 142 valence electrons. The van der Waals surface area contributed by atoms with Crippen LogP contribution in [0.5, 0.6) is 0 Å². The summed E-state index contributed by atoms with van der Waals surface area (Å²) < 4.78 is 13.0. The van der Waals surface area contributed by atoms with Gasteiger partial charge in [-0.3, -0.25) is 14.2 Å². The van der Waals surface area contributed by atoms with E-state index in [1.165, 1.54) is 6.33 Å². The number of nitrogens with zero attached hydrogens (tertiary/aromatic N) is 3. The van der Waals surface area contributed by atoms with Gasteiger partial charge in [0.2, 0.25) is 17.2 Å². The van der Waals surface area contributed by atoms with Gasteiger partial charge < -0.3 is 14.9 Å². The molecule has 0 saturated heterocycles. The number of primary amides is 1.